The molecule has 1 heterocycles. The standard InChI is InChI=1S/C24H32ClN3O3/c1-26-24(27-12-9-20-7-8-22(29-2)15-23(20)25)28-16-18-3-5-19(6-4-18)17-31-21-10-13-30-14-11-21/h3-8,15,21H,9-14,16-17H2,1-2H3,(H2,26,27,28). The Morgan fingerprint density at radius 1 is 1.10 bits per heavy atom. The molecular formula is C24H32ClN3O3. The van der Waals surface area contributed by atoms with Gasteiger partial charge in [0.2, 0.25) is 0 Å². The van der Waals surface area contributed by atoms with Crippen molar-refractivity contribution in [1.82, 2.24) is 10.6 Å². The fourth-order valence-electron chi connectivity index (χ4n) is 3.39. The molecule has 2 aromatic rings. The van der Waals surface area contributed by atoms with Gasteiger partial charge in [-0.15, -0.1) is 0 Å². The topological polar surface area (TPSA) is 64.1 Å². The third-order valence-corrected chi connectivity index (χ3v) is 5.66. The van der Waals surface area contributed by atoms with Gasteiger partial charge in [-0.3, -0.25) is 4.99 Å². The number of nitrogens with one attached hydrogen (secondary N) is 2. The molecule has 2 aromatic carbocycles. The number of hydrogen-bond acceptors (Lipinski definition) is 4. The van der Waals surface area contributed by atoms with Gasteiger partial charge in [-0.05, 0) is 48.1 Å². The lowest BCUT2D eigenvalue weighted by Gasteiger charge is -2.22. The number of halogens is 1. The van der Waals surface area contributed by atoms with Crippen LogP contribution in [-0.4, -0.2) is 46.0 Å². The van der Waals surface area contributed by atoms with E-state index in [2.05, 4.69) is 39.9 Å². The zero-order valence-corrected chi connectivity index (χ0v) is 19.1. The van der Waals surface area contributed by atoms with E-state index in [-0.39, 0.29) is 0 Å². The average Bonchev–Trinajstić information content (AvgIpc) is 2.82. The highest BCUT2D eigenvalue weighted by molar-refractivity contribution is 6.31. The maximum Gasteiger partial charge on any atom is 0.191 e. The van der Waals surface area contributed by atoms with Crippen LogP contribution in [-0.2, 0) is 29.0 Å². The molecular weight excluding hydrogens is 414 g/mol. The van der Waals surface area contributed by atoms with E-state index in [1.165, 1.54) is 11.1 Å². The van der Waals surface area contributed by atoms with Gasteiger partial charge in [-0.1, -0.05) is 41.9 Å². The Kier molecular flexibility index (Phi) is 9.46. The minimum Gasteiger partial charge on any atom is -0.497 e. The summed E-state index contributed by atoms with van der Waals surface area (Å²) in [5.74, 6) is 1.52. The van der Waals surface area contributed by atoms with Crippen molar-refractivity contribution in [3.8, 4) is 5.75 Å². The van der Waals surface area contributed by atoms with Crippen LogP contribution < -0.4 is 15.4 Å². The van der Waals surface area contributed by atoms with Crippen LogP contribution in [0, 0.1) is 0 Å². The third kappa shape index (κ3) is 7.73. The first kappa shape index (κ1) is 23.4. The third-order valence-electron chi connectivity index (χ3n) is 5.31. The molecule has 31 heavy (non-hydrogen) atoms. The van der Waals surface area contributed by atoms with Crippen LogP contribution in [0.2, 0.25) is 5.02 Å². The Labute approximate surface area is 190 Å². The Morgan fingerprint density at radius 3 is 2.52 bits per heavy atom. The molecule has 6 nitrogen and oxygen atoms in total. The lowest BCUT2D eigenvalue weighted by Crippen LogP contribution is -2.37. The Bertz CT molecular complexity index is 836. The summed E-state index contributed by atoms with van der Waals surface area (Å²) in [6.45, 7) is 3.68. The van der Waals surface area contributed by atoms with Crippen LogP contribution in [0.15, 0.2) is 47.5 Å². The SMILES string of the molecule is CN=C(NCCc1ccc(OC)cc1Cl)NCc1ccc(COC2CCOCC2)cc1. The number of ether oxygens (including phenoxy) is 3. The molecule has 2 N–H and O–H groups in total. The molecule has 0 radical (unpaired) electrons. The molecule has 0 bridgehead atoms. The normalized spacial score (nSPS) is 15.0. The van der Waals surface area contributed by atoms with Gasteiger partial charge in [0.1, 0.15) is 5.75 Å². The van der Waals surface area contributed by atoms with E-state index in [0.717, 1.165) is 56.3 Å². The van der Waals surface area contributed by atoms with Gasteiger partial charge in [0, 0.05) is 38.4 Å². The summed E-state index contributed by atoms with van der Waals surface area (Å²) >= 11 is 6.31. The van der Waals surface area contributed by atoms with Crippen LogP contribution >= 0.6 is 11.6 Å². The second-order valence-electron chi connectivity index (χ2n) is 7.50. The van der Waals surface area contributed by atoms with Crippen LogP contribution in [0.3, 0.4) is 0 Å². The van der Waals surface area contributed by atoms with Crippen molar-refractivity contribution >= 4 is 17.6 Å². The number of aliphatic imine (C=N–C) groups is 1. The van der Waals surface area contributed by atoms with Crippen molar-refractivity contribution in [1.29, 1.82) is 0 Å². The van der Waals surface area contributed by atoms with Gasteiger partial charge in [-0.25, -0.2) is 0 Å². The number of rotatable bonds is 9. The summed E-state index contributed by atoms with van der Waals surface area (Å²) in [6, 6.07) is 14.2. The molecule has 0 spiro atoms. The highest BCUT2D eigenvalue weighted by atomic mass is 35.5. The first-order valence-electron chi connectivity index (χ1n) is 10.7. The smallest absolute Gasteiger partial charge is 0.191 e. The van der Waals surface area contributed by atoms with E-state index in [1.54, 1.807) is 14.2 Å². The Balaban J connectivity index is 1.38. The number of guanidine groups is 1. The van der Waals surface area contributed by atoms with E-state index in [1.807, 2.05) is 18.2 Å². The molecule has 7 heteroatoms. The van der Waals surface area contributed by atoms with Crippen molar-refractivity contribution in [2.45, 2.75) is 38.5 Å². The van der Waals surface area contributed by atoms with Crippen molar-refractivity contribution in [3.05, 3.63) is 64.2 Å². The van der Waals surface area contributed by atoms with Gasteiger partial charge in [0.25, 0.3) is 0 Å². The molecule has 0 aliphatic carbocycles. The summed E-state index contributed by atoms with van der Waals surface area (Å²) in [6.07, 6.45) is 3.08. The van der Waals surface area contributed by atoms with Crippen molar-refractivity contribution in [2.24, 2.45) is 4.99 Å². The number of nitrogens with zero attached hydrogens (tertiary/aromatic N) is 1. The van der Waals surface area contributed by atoms with E-state index >= 15 is 0 Å². The van der Waals surface area contributed by atoms with E-state index < -0.39 is 0 Å². The van der Waals surface area contributed by atoms with Gasteiger partial charge < -0.3 is 24.8 Å². The zero-order chi connectivity index (χ0) is 21.9. The molecule has 0 saturated carbocycles. The molecule has 0 aromatic heterocycles. The molecule has 0 amide bonds. The van der Waals surface area contributed by atoms with Gasteiger partial charge in [0.15, 0.2) is 5.96 Å². The van der Waals surface area contributed by atoms with Crippen LogP contribution in [0.1, 0.15) is 29.5 Å². The summed E-state index contributed by atoms with van der Waals surface area (Å²) < 4.78 is 16.5. The van der Waals surface area contributed by atoms with E-state index in [9.17, 15) is 0 Å². The molecule has 1 fully saturated rings. The lowest BCUT2D eigenvalue weighted by molar-refractivity contribution is -0.0390. The number of benzene rings is 2. The Morgan fingerprint density at radius 2 is 1.84 bits per heavy atom. The summed E-state index contributed by atoms with van der Waals surface area (Å²) in [4.78, 5) is 4.29. The molecule has 0 atom stereocenters. The quantitative estimate of drug-likeness (QED) is 0.452. The van der Waals surface area contributed by atoms with Crippen molar-refractivity contribution < 1.29 is 14.2 Å². The molecule has 3 rings (SSSR count). The molecule has 1 saturated heterocycles. The molecule has 0 unspecified atom stereocenters. The van der Waals surface area contributed by atoms with Gasteiger partial charge in [-0.2, -0.15) is 0 Å². The number of hydrogen-bond donors (Lipinski definition) is 2. The first-order valence-corrected chi connectivity index (χ1v) is 11.1. The van der Waals surface area contributed by atoms with E-state index in [0.29, 0.717) is 24.3 Å². The largest absolute Gasteiger partial charge is 0.497 e. The number of methoxy groups -OCH3 is 1. The molecule has 1 aliphatic rings. The van der Waals surface area contributed by atoms with Crippen molar-refractivity contribution in [2.75, 3.05) is 33.9 Å². The second-order valence-corrected chi connectivity index (χ2v) is 7.91. The minimum atomic E-state index is 0.317. The highest BCUT2D eigenvalue weighted by Crippen LogP contribution is 2.22. The zero-order valence-electron chi connectivity index (χ0n) is 18.3. The van der Waals surface area contributed by atoms with Crippen LogP contribution in [0.4, 0.5) is 0 Å². The summed E-state index contributed by atoms with van der Waals surface area (Å²) in [5.41, 5.74) is 3.45. The maximum atomic E-state index is 6.31. The Hall–Kier alpha value is -2.28. The van der Waals surface area contributed by atoms with Crippen LogP contribution in [0.5, 0.6) is 5.75 Å². The van der Waals surface area contributed by atoms with E-state index in [4.69, 9.17) is 25.8 Å². The maximum absolute atomic E-state index is 6.31. The van der Waals surface area contributed by atoms with Crippen LogP contribution in [0.25, 0.3) is 0 Å². The van der Waals surface area contributed by atoms with Gasteiger partial charge >= 0.3 is 0 Å². The fourth-order valence-corrected chi connectivity index (χ4v) is 3.65. The molecule has 168 valence electrons. The average molecular weight is 446 g/mol. The molecule has 1 aliphatic heterocycles. The first-order chi connectivity index (χ1) is 15.2. The predicted molar refractivity (Wildman–Crippen MR) is 125 cm³/mol. The summed E-state index contributed by atoms with van der Waals surface area (Å²) in [7, 11) is 3.41. The van der Waals surface area contributed by atoms with Gasteiger partial charge in [0.05, 0.1) is 19.8 Å². The second kappa shape index (κ2) is 12.5. The lowest BCUT2D eigenvalue weighted by atomic mass is 10.1. The minimum absolute atomic E-state index is 0.317. The highest BCUT2D eigenvalue weighted by Gasteiger charge is 2.13. The van der Waals surface area contributed by atoms with Crippen molar-refractivity contribution in [3.63, 3.8) is 0 Å². The predicted octanol–water partition coefficient (Wildman–Crippen LogP) is 3.95. The fraction of sp³-hybridized carbons (Fsp3) is 0.458. The summed E-state index contributed by atoms with van der Waals surface area (Å²) in [5, 5.41) is 7.39. The monoisotopic (exact) mass is 445 g/mol.